The molecule has 0 saturated carbocycles. The van der Waals surface area contributed by atoms with Crippen LogP contribution < -0.4 is 10.9 Å². The molecule has 2 aliphatic heterocycles. The summed E-state index contributed by atoms with van der Waals surface area (Å²) in [6.45, 7) is 3.46. The quantitative estimate of drug-likeness (QED) is 0.615. The average molecular weight is 444 g/mol. The fraction of sp³-hybridized carbons (Fsp3) is 0.333. The molecule has 170 valence electrons. The fourth-order valence-corrected chi connectivity index (χ4v) is 5.66. The molecule has 4 atom stereocenters. The van der Waals surface area contributed by atoms with Crippen LogP contribution in [0.4, 0.5) is 0 Å². The lowest BCUT2D eigenvalue weighted by molar-refractivity contribution is -0.127. The number of hydrogen-bond donors (Lipinski definition) is 2. The third-order valence-corrected chi connectivity index (χ3v) is 7.12. The number of amides is 1. The Morgan fingerprint density at radius 2 is 1.73 bits per heavy atom. The number of hydrogen-bond acceptors (Lipinski definition) is 4. The Bertz CT molecular complexity index is 1190. The highest BCUT2D eigenvalue weighted by molar-refractivity contribution is 5.80. The number of aliphatic hydroxyl groups excluding tert-OH is 1. The number of carbonyl (C=O) groups is 1. The van der Waals surface area contributed by atoms with Crippen LogP contribution in [0, 0.1) is 11.8 Å². The van der Waals surface area contributed by atoms with E-state index in [9.17, 15) is 14.7 Å². The van der Waals surface area contributed by atoms with Crippen LogP contribution in [0.3, 0.4) is 0 Å². The molecule has 6 heteroatoms. The van der Waals surface area contributed by atoms with Crippen molar-refractivity contribution in [3.63, 3.8) is 0 Å². The van der Waals surface area contributed by atoms with Crippen LogP contribution in [-0.2, 0) is 17.9 Å². The SMILES string of the molecule is CCNC(=O)[C@@H]1[C@@H](CO)[C@@H]2Cn3c(ccc(-c4ccccc4)c3=O)[C@H]1N2Cc1ccccc1. The van der Waals surface area contributed by atoms with E-state index >= 15 is 0 Å². The van der Waals surface area contributed by atoms with Gasteiger partial charge in [0.1, 0.15) is 0 Å². The molecular weight excluding hydrogens is 414 g/mol. The maximum atomic E-state index is 13.6. The predicted octanol–water partition coefficient (Wildman–Crippen LogP) is 2.82. The number of pyridine rings is 1. The van der Waals surface area contributed by atoms with E-state index in [1.54, 1.807) is 0 Å². The van der Waals surface area contributed by atoms with Gasteiger partial charge >= 0.3 is 0 Å². The van der Waals surface area contributed by atoms with Crippen molar-refractivity contribution >= 4 is 5.91 Å². The van der Waals surface area contributed by atoms with Crippen LogP contribution >= 0.6 is 0 Å². The molecule has 1 saturated heterocycles. The zero-order valence-electron chi connectivity index (χ0n) is 18.7. The molecule has 2 bridgehead atoms. The van der Waals surface area contributed by atoms with Crippen LogP contribution in [0.2, 0.25) is 0 Å². The average Bonchev–Trinajstić information content (AvgIpc) is 3.05. The van der Waals surface area contributed by atoms with Crippen molar-refractivity contribution in [2.24, 2.45) is 11.8 Å². The zero-order chi connectivity index (χ0) is 22.9. The van der Waals surface area contributed by atoms with Gasteiger partial charge in [-0.15, -0.1) is 0 Å². The lowest BCUT2D eigenvalue weighted by atomic mass is 9.86. The van der Waals surface area contributed by atoms with Gasteiger partial charge < -0.3 is 15.0 Å². The lowest BCUT2D eigenvalue weighted by Crippen LogP contribution is -2.46. The van der Waals surface area contributed by atoms with Crippen LogP contribution in [0.15, 0.2) is 77.6 Å². The van der Waals surface area contributed by atoms with E-state index in [0.717, 1.165) is 16.8 Å². The highest BCUT2D eigenvalue weighted by atomic mass is 16.3. The highest BCUT2D eigenvalue weighted by Crippen LogP contribution is 2.49. The van der Waals surface area contributed by atoms with E-state index in [4.69, 9.17) is 0 Å². The molecule has 2 N–H and O–H groups in total. The summed E-state index contributed by atoms with van der Waals surface area (Å²) in [6, 6.07) is 23.3. The summed E-state index contributed by atoms with van der Waals surface area (Å²) in [5.74, 6) is -0.723. The molecule has 1 amide bonds. The molecule has 3 aromatic rings. The van der Waals surface area contributed by atoms with Gasteiger partial charge in [0.15, 0.2) is 0 Å². The van der Waals surface area contributed by atoms with Gasteiger partial charge in [-0.2, -0.15) is 0 Å². The van der Waals surface area contributed by atoms with Crippen LogP contribution in [0.25, 0.3) is 11.1 Å². The third-order valence-electron chi connectivity index (χ3n) is 7.12. The van der Waals surface area contributed by atoms with Gasteiger partial charge in [0.2, 0.25) is 5.91 Å². The van der Waals surface area contributed by atoms with E-state index in [1.807, 2.05) is 72.2 Å². The summed E-state index contributed by atoms with van der Waals surface area (Å²) in [7, 11) is 0. The minimum Gasteiger partial charge on any atom is -0.396 e. The summed E-state index contributed by atoms with van der Waals surface area (Å²) >= 11 is 0. The number of aromatic nitrogens is 1. The maximum Gasteiger partial charge on any atom is 0.258 e. The second kappa shape index (κ2) is 8.96. The topological polar surface area (TPSA) is 74.6 Å². The van der Waals surface area contributed by atoms with Crippen LogP contribution in [0.1, 0.15) is 24.2 Å². The van der Waals surface area contributed by atoms with Crippen LogP contribution in [0.5, 0.6) is 0 Å². The number of nitrogens with zero attached hydrogens (tertiary/aromatic N) is 2. The van der Waals surface area contributed by atoms with Gasteiger partial charge in [0.25, 0.3) is 5.56 Å². The number of rotatable bonds is 6. The summed E-state index contributed by atoms with van der Waals surface area (Å²) in [5, 5.41) is 13.3. The van der Waals surface area contributed by atoms with Gasteiger partial charge in [-0.3, -0.25) is 14.5 Å². The monoisotopic (exact) mass is 443 g/mol. The Hall–Kier alpha value is -3.22. The predicted molar refractivity (Wildman–Crippen MR) is 127 cm³/mol. The van der Waals surface area contributed by atoms with Crippen molar-refractivity contribution in [2.45, 2.75) is 32.1 Å². The minimum absolute atomic E-state index is 0.0405. The van der Waals surface area contributed by atoms with Crippen molar-refractivity contribution in [1.82, 2.24) is 14.8 Å². The molecule has 2 aliphatic rings. The molecule has 6 nitrogen and oxygen atoms in total. The number of benzene rings is 2. The Balaban J connectivity index is 1.63. The number of nitrogens with one attached hydrogen (secondary N) is 1. The van der Waals surface area contributed by atoms with Gasteiger partial charge in [0, 0.05) is 49.5 Å². The molecule has 3 heterocycles. The molecule has 1 fully saturated rings. The Morgan fingerprint density at radius 1 is 1.03 bits per heavy atom. The smallest absolute Gasteiger partial charge is 0.258 e. The van der Waals surface area contributed by atoms with Crippen molar-refractivity contribution < 1.29 is 9.90 Å². The lowest BCUT2D eigenvalue weighted by Gasteiger charge is -2.38. The molecule has 0 spiro atoms. The highest BCUT2D eigenvalue weighted by Gasteiger charge is 2.55. The first-order valence-electron chi connectivity index (χ1n) is 11.6. The molecule has 0 radical (unpaired) electrons. The van der Waals surface area contributed by atoms with E-state index in [0.29, 0.717) is 25.2 Å². The van der Waals surface area contributed by atoms with E-state index < -0.39 is 5.92 Å². The van der Waals surface area contributed by atoms with Crippen LogP contribution in [-0.4, -0.2) is 39.7 Å². The largest absolute Gasteiger partial charge is 0.396 e. The third kappa shape index (κ3) is 3.69. The van der Waals surface area contributed by atoms with E-state index in [1.165, 1.54) is 0 Å². The summed E-state index contributed by atoms with van der Waals surface area (Å²) in [5.41, 5.74) is 3.50. The number of aliphatic hydroxyl groups is 1. The van der Waals surface area contributed by atoms with Gasteiger partial charge in [-0.05, 0) is 30.2 Å². The Kier molecular flexibility index (Phi) is 5.87. The second-order valence-electron chi connectivity index (χ2n) is 8.89. The number of fused-ring (bicyclic) bond motifs is 4. The standard InChI is InChI=1S/C27H29N3O3/c1-2-28-26(32)24-21(17-31)23-16-30-22(25(24)29(23)15-18-9-5-3-6-10-18)14-13-20(27(30)33)19-11-7-4-8-12-19/h3-14,21,23-25,31H,2,15-17H2,1H3,(H,28,32)/t21-,23-,24+,25+/m0/s1. The normalized spacial score (nSPS) is 23.8. The summed E-state index contributed by atoms with van der Waals surface area (Å²) < 4.78 is 1.83. The van der Waals surface area contributed by atoms with E-state index in [-0.39, 0.29) is 36.1 Å². The number of carbonyl (C=O) groups excluding carboxylic acids is 1. The molecule has 5 rings (SSSR count). The summed E-state index contributed by atoms with van der Waals surface area (Å²) in [4.78, 5) is 29.1. The molecule has 2 aromatic carbocycles. The Labute approximate surface area is 193 Å². The molecule has 0 unspecified atom stereocenters. The zero-order valence-corrected chi connectivity index (χ0v) is 18.7. The molecule has 0 aliphatic carbocycles. The fourth-order valence-electron chi connectivity index (χ4n) is 5.66. The summed E-state index contributed by atoms with van der Waals surface area (Å²) in [6.07, 6.45) is 0. The first kappa shape index (κ1) is 21.6. The first-order chi connectivity index (χ1) is 16.1. The van der Waals surface area contributed by atoms with E-state index in [2.05, 4.69) is 22.3 Å². The van der Waals surface area contributed by atoms with Crippen molar-refractivity contribution in [3.05, 3.63) is 94.4 Å². The van der Waals surface area contributed by atoms with Crippen molar-refractivity contribution in [1.29, 1.82) is 0 Å². The maximum absolute atomic E-state index is 13.6. The molecule has 33 heavy (non-hydrogen) atoms. The molecular formula is C27H29N3O3. The first-order valence-corrected chi connectivity index (χ1v) is 11.6. The minimum atomic E-state index is -0.417. The molecule has 1 aromatic heterocycles. The Morgan fingerprint density at radius 3 is 2.39 bits per heavy atom. The van der Waals surface area contributed by atoms with Gasteiger partial charge in [-0.25, -0.2) is 0 Å². The second-order valence-corrected chi connectivity index (χ2v) is 8.89. The van der Waals surface area contributed by atoms with Gasteiger partial charge in [-0.1, -0.05) is 60.7 Å². The van der Waals surface area contributed by atoms with Gasteiger partial charge in [0.05, 0.1) is 12.0 Å². The van der Waals surface area contributed by atoms with Crippen molar-refractivity contribution in [2.75, 3.05) is 13.2 Å². The van der Waals surface area contributed by atoms with Crippen molar-refractivity contribution in [3.8, 4) is 11.1 Å².